The van der Waals surface area contributed by atoms with E-state index in [2.05, 4.69) is 18.4 Å². The van der Waals surface area contributed by atoms with Crippen LogP contribution in [-0.2, 0) is 4.79 Å². The first kappa shape index (κ1) is 14.5. The lowest BCUT2D eigenvalue weighted by Gasteiger charge is -1.95. The number of aliphatic carboxylic acids is 1. The molecular weight excluding hydrogens is 236 g/mol. The Labute approximate surface area is 113 Å². The average Bonchev–Trinajstić information content (AvgIpc) is 2.40. The minimum Gasteiger partial charge on any atom is -0.478 e. The van der Waals surface area contributed by atoms with Crippen molar-refractivity contribution in [3.63, 3.8) is 0 Å². The van der Waals surface area contributed by atoms with Crippen LogP contribution in [0.2, 0.25) is 0 Å². The maximum Gasteiger partial charge on any atom is 0.331 e. The molecule has 2 nitrogen and oxygen atoms in total. The molecule has 19 heavy (non-hydrogen) atoms. The van der Waals surface area contributed by atoms with Crippen molar-refractivity contribution < 1.29 is 9.90 Å². The average molecular weight is 252 g/mol. The molecule has 0 saturated carbocycles. The van der Waals surface area contributed by atoms with Gasteiger partial charge in [-0.3, -0.25) is 0 Å². The number of carboxylic acid groups (broad SMARTS) is 1. The molecule has 0 amide bonds. The number of aryl methyl sites for hydroxylation is 1. The van der Waals surface area contributed by atoms with Crippen molar-refractivity contribution >= 4 is 5.97 Å². The van der Waals surface area contributed by atoms with E-state index in [1.54, 1.807) is 12.2 Å². The van der Waals surface area contributed by atoms with Gasteiger partial charge in [-0.05, 0) is 31.6 Å². The lowest BCUT2D eigenvalue weighted by atomic mass is 10.1. The highest BCUT2D eigenvalue weighted by Crippen LogP contribution is 2.05. The number of benzene rings is 1. The second kappa shape index (κ2) is 7.03. The van der Waals surface area contributed by atoms with Gasteiger partial charge in [-0.2, -0.15) is 0 Å². The fourth-order valence-electron chi connectivity index (χ4n) is 1.30. The van der Waals surface area contributed by atoms with Crippen molar-refractivity contribution in [2.24, 2.45) is 0 Å². The molecule has 1 N–H and O–H groups in total. The molecule has 0 bridgehead atoms. The summed E-state index contributed by atoms with van der Waals surface area (Å²) in [5, 5.41) is 8.75. The van der Waals surface area contributed by atoms with Crippen LogP contribution in [0.1, 0.15) is 18.1 Å². The van der Waals surface area contributed by atoms with Crippen LogP contribution < -0.4 is 0 Å². The highest BCUT2D eigenvalue weighted by atomic mass is 16.4. The molecule has 0 atom stereocenters. The Kier molecular flexibility index (Phi) is 5.37. The summed E-state index contributed by atoms with van der Waals surface area (Å²) in [6.45, 7) is 7.20. The van der Waals surface area contributed by atoms with E-state index in [1.165, 1.54) is 13.0 Å². The normalized spacial score (nSPS) is 11.5. The van der Waals surface area contributed by atoms with Crippen LogP contribution in [0.15, 0.2) is 60.2 Å². The van der Waals surface area contributed by atoms with Crippen molar-refractivity contribution in [3.05, 3.63) is 71.3 Å². The third kappa shape index (κ3) is 4.69. The molecule has 1 aromatic rings. The SMILES string of the molecule is C=C/C(C#Cc1ccccc1C)=C\C=C(/C)C(=O)O. The highest BCUT2D eigenvalue weighted by molar-refractivity contribution is 5.86. The molecule has 0 spiro atoms. The molecule has 0 radical (unpaired) electrons. The van der Waals surface area contributed by atoms with Crippen molar-refractivity contribution in [2.75, 3.05) is 0 Å². The summed E-state index contributed by atoms with van der Waals surface area (Å²) in [7, 11) is 0. The molecule has 0 aromatic heterocycles. The van der Waals surface area contributed by atoms with E-state index >= 15 is 0 Å². The van der Waals surface area contributed by atoms with Gasteiger partial charge in [-0.1, -0.05) is 48.8 Å². The largest absolute Gasteiger partial charge is 0.478 e. The number of allylic oxidation sites excluding steroid dienone is 4. The van der Waals surface area contributed by atoms with E-state index in [0.29, 0.717) is 5.57 Å². The molecule has 0 aliphatic heterocycles. The first-order valence-electron chi connectivity index (χ1n) is 5.86. The Hall–Kier alpha value is -2.53. The quantitative estimate of drug-likeness (QED) is 0.508. The minimum absolute atomic E-state index is 0.261. The molecule has 2 heteroatoms. The van der Waals surface area contributed by atoms with Gasteiger partial charge >= 0.3 is 5.97 Å². The summed E-state index contributed by atoms with van der Waals surface area (Å²) in [5.41, 5.74) is 3.01. The highest BCUT2D eigenvalue weighted by Gasteiger charge is 1.96. The standard InChI is InChI=1S/C17H16O2/c1-4-15(10-9-14(3)17(18)19)11-12-16-8-6-5-7-13(16)2/h4-10H,1H2,2-3H3,(H,18,19)/b14-9+,15-10+. The van der Waals surface area contributed by atoms with Gasteiger partial charge < -0.3 is 5.11 Å². The summed E-state index contributed by atoms with van der Waals surface area (Å²) in [6, 6.07) is 7.84. The van der Waals surface area contributed by atoms with Crippen LogP contribution in [0.4, 0.5) is 0 Å². The van der Waals surface area contributed by atoms with Crippen LogP contribution in [0.5, 0.6) is 0 Å². The van der Waals surface area contributed by atoms with Gasteiger partial charge in [-0.15, -0.1) is 0 Å². The number of carboxylic acids is 1. The van der Waals surface area contributed by atoms with Crippen LogP contribution in [0.25, 0.3) is 0 Å². The Morgan fingerprint density at radius 1 is 1.32 bits per heavy atom. The van der Waals surface area contributed by atoms with Gasteiger partial charge in [0.15, 0.2) is 0 Å². The minimum atomic E-state index is -0.938. The van der Waals surface area contributed by atoms with Gasteiger partial charge in [0.05, 0.1) is 0 Å². The van der Waals surface area contributed by atoms with Gasteiger partial charge in [0.1, 0.15) is 0 Å². The molecular formula is C17H16O2. The molecule has 0 saturated heterocycles. The van der Waals surface area contributed by atoms with Crippen molar-refractivity contribution in [1.29, 1.82) is 0 Å². The third-order valence-corrected chi connectivity index (χ3v) is 2.56. The van der Waals surface area contributed by atoms with Gasteiger partial charge in [0.25, 0.3) is 0 Å². The fraction of sp³-hybridized carbons (Fsp3) is 0.118. The van der Waals surface area contributed by atoms with Crippen molar-refractivity contribution in [2.45, 2.75) is 13.8 Å². The molecule has 0 aliphatic carbocycles. The Morgan fingerprint density at radius 3 is 2.58 bits per heavy atom. The van der Waals surface area contributed by atoms with Crippen LogP contribution in [-0.4, -0.2) is 11.1 Å². The smallest absolute Gasteiger partial charge is 0.331 e. The number of rotatable bonds is 3. The molecule has 1 rings (SSSR count). The maximum absolute atomic E-state index is 10.7. The Bertz CT molecular complexity index is 608. The first-order valence-corrected chi connectivity index (χ1v) is 5.86. The van der Waals surface area contributed by atoms with E-state index in [-0.39, 0.29) is 5.57 Å². The summed E-state index contributed by atoms with van der Waals surface area (Å²) < 4.78 is 0. The van der Waals surface area contributed by atoms with Crippen molar-refractivity contribution in [3.8, 4) is 11.8 Å². The zero-order valence-corrected chi connectivity index (χ0v) is 11.1. The molecule has 0 unspecified atom stereocenters. The van der Waals surface area contributed by atoms with Gasteiger partial charge in [0, 0.05) is 16.7 Å². The lowest BCUT2D eigenvalue weighted by Crippen LogP contribution is -1.94. The predicted molar refractivity (Wildman–Crippen MR) is 77.7 cm³/mol. The Balaban J connectivity index is 3.00. The number of hydrogen-bond acceptors (Lipinski definition) is 1. The zero-order chi connectivity index (χ0) is 14.3. The number of hydrogen-bond donors (Lipinski definition) is 1. The second-order valence-electron chi connectivity index (χ2n) is 4.05. The van der Waals surface area contributed by atoms with Crippen LogP contribution in [0.3, 0.4) is 0 Å². The van der Waals surface area contributed by atoms with Gasteiger partial charge in [0.2, 0.25) is 0 Å². The molecule has 0 fully saturated rings. The van der Waals surface area contributed by atoms with E-state index in [9.17, 15) is 4.79 Å². The predicted octanol–water partition coefficient (Wildman–Crippen LogP) is 3.49. The summed E-state index contributed by atoms with van der Waals surface area (Å²) in [5.74, 6) is 5.09. The zero-order valence-electron chi connectivity index (χ0n) is 11.1. The van der Waals surface area contributed by atoms with Crippen LogP contribution >= 0.6 is 0 Å². The first-order chi connectivity index (χ1) is 9.04. The molecule has 0 heterocycles. The Morgan fingerprint density at radius 2 is 2.00 bits per heavy atom. The topological polar surface area (TPSA) is 37.3 Å². The molecule has 1 aromatic carbocycles. The molecule has 96 valence electrons. The number of carbonyl (C=O) groups is 1. The third-order valence-electron chi connectivity index (χ3n) is 2.56. The monoisotopic (exact) mass is 252 g/mol. The van der Waals surface area contributed by atoms with Crippen molar-refractivity contribution in [1.82, 2.24) is 0 Å². The summed E-state index contributed by atoms with van der Waals surface area (Å²) in [6.07, 6.45) is 4.78. The fourth-order valence-corrected chi connectivity index (χ4v) is 1.30. The second-order valence-corrected chi connectivity index (χ2v) is 4.05. The van der Waals surface area contributed by atoms with E-state index in [0.717, 1.165) is 11.1 Å². The van der Waals surface area contributed by atoms with E-state index in [4.69, 9.17) is 5.11 Å². The van der Waals surface area contributed by atoms with E-state index < -0.39 is 5.97 Å². The summed E-state index contributed by atoms with van der Waals surface area (Å²) in [4.78, 5) is 10.7. The van der Waals surface area contributed by atoms with Crippen LogP contribution in [0, 0.1) is 18.8 Å². The van der Waals surface area contributed by atoms with E-state index in [1.807, 2.05) is 31.2 Å². The van der Waals surface area contributed by atoms with Gasteiger partial charge in [-0.25, -0.2) is 4.79 Å². The maximum atomic E-state index is 10.7. The summed E-state index contributed by atoms with van der Waals surface area (Å²) >= 11 is 0. The lowest BCUT2D eigenvalue weighted by molar-refractivity contribution is -0.132. The molecule has 0 aliphatic rings.